The molecule has 0 radical (unpaired) electrons. The number of halogens is 1. The molecular weight excluding hydrogens is 320 g/mol. The van der Waals surface area contributed by atoms with Crippen molar-refractivity contribution >= 4 is 21.6 Å². The quantitative estimate of drug-likeness (QED) is 0.876. The second-order valence-electron chi connectivity index (χ2n) is 4.07. The van der Waals surface area contributed by atoms with E-state index >= 15 is 0 Å². The van der Waals surface area contributed by atoms with E-state index in [0.29, 0.717) is 16.8 Å². The molecule has 0 aliphatic heterocycles. The standard InChI is InChI=1S/C15H13BrN2O2/c16-14-3-1-2-11(15(14)19)10-18-12-4-6-13(7-5-12)20-9-8-17/h1-7,18-19H,9-10H2. The van der Waals surface area contributed by atoms with Crippen LogP contribution in [0, 0.1) is 11.3 Å². The summed E-state index contributed by atoms with van der Waals surface area (Å²) in [5.74, 6) is 0.899. The highest BCUT2D eigenvalue weighted by Crippen LogP contribution is 2.28. The van der Waals surface area contributed by atoms with Crippen molar-refractivity contribution in [1.29, 1.82) is 5.26 Å². The number of hydrogen-bond acceptors (Lipinski definition) is 4. The summed E-state index contributed by atoms with van der Waals surface area (Å²) in [7, 11) is 0. The molecule has 0 saturated carbocycles. The normalized spacial score (nSPS) is 9.80. The van der Waals surface area contributed by atoms with Gasteiger partial charge in [0.05, 0.1) is 4.47 Å². The minimum Gasteiger partial charge on any atom is -0.506 e. The van der Waals surface area contributed by atoms with Gasteiger partial charge >= 0.3 is 0 Å². The monoisotopic (exact) mass is 332 g/mol. The number of phenols is 1. The zero-order valence-corrected chi connectivity index (χ0v) is 12.2. The third-order valence-electron chi connectivity index (χ3n) is 2.71. The lowest BCUT2D eigenvalue weighted by atomic mass is 10.2. The van der Waals surface area contributed by atoms with Gasteiger partial charge in [0, 0.05) is 17.8 Å². The van der Waals surface area contributed by atoms with E-state index in [9.17, 15) is 5.11 Å². The largest absolute Gasteiger partial charge is 0.506 e. The average molecular weight is 333 g/mol. The molecule has 0 heterocycles. The summed E-state index contributed by atoms with van der Waals surface area (Å²) in [4.78, 5) is 0. The molecule has 0 aromatic heterocycles. The van der Waals surface area contributed by atoms with Crippen LogP contribution in [0.3, 0.4) is 0 Å². The van der Waals surface area contributed by atoms with Crippen LogP contribution in [0.2, 0.25) is 0 Å². The van der Waals surface area contributed by atoms with Crippen LogP contribution in [0.1, 0.15) is 5.56 Å². The maximum Gasteiger partial charge on any atom is 0.174 e. The van der Waals surface area contributed by atoms with E-state index in [0.717, 1.165) is 11.3 Å². The highest BCUT2D eigenvalue weighted by molar-refractivity contribution is 9.10. The SMILES string of the molecule is N#CCOc1ccc(NCc2cccc(Br)c2O)cc1. The van der Waals surface area contributed by atoms with Crippen molar-refractivity contribution in [3.8, 4) is 17.6 Å². The summed E-state index contributed by atoms with van der Waals surface area (Å²) >= 11 is 3.29. The number of nitriles is 1. The maximum atomic E-state index is 9.88. The van der Waals surface area contributed by atoms with E-state index in [-0.39, 0.29) is 12.4 Å². The molecule has 0 aliphatic carbocycles. The van der Waals surface area contributed by atoms with Crippen molar-refractivity contribution in [3.63, 3.8) is 0 Å². The van der Waals surface area contributed by atoms with Crippen LogP contribution in [0.15, 0.2) is 46.9 Å². The van der Waals surface area contributed by atoms with Gasteiger partial charge in [0.15, 0.2) is 6.61 Å². The minimum absolute atomic E-state index is 0.0404. The van der Waals surface area contributed by atoms with Crippen molar-refractivity contribution in [2.45, 2.75) is 6.54 Å². The van der Waals surface area contributed by atoms with Crippen LogP contribution >= 0.6 is 15.9 Å². The number of aromatic hydroxyl groups is 1. The van der Waals surface area contributed by atoms with Crippen LogP contribution < -0.4 is 10.1 Å². The van der Waals surface area contributed by atoms with Crippen molar-refractivity contribution < 1.29 is 9.84 Å². The number of benzene rings is 2. The summed E-state index contributed by atoms with van der Waals surface area (Å²) < 4.78 is 5.85. The first-order valence-corrected chi connectivity index (χ1v) is 6.80. The number of rotatable bonds is 5. The Labute approximate surface area is 125 Å². The van der Waals surface area contributed by atoms with E-state index in [1.165, 1.54) is 0 Å². The Morgan fingerprint density at radius 3 is 2.65 bits per heavy atom. The van der Waals surface area contributed by atoms with Crippen LogP contribution in [-0.4, -0.2) is 11.7 Å². The van der Waals surface area contributed by atoms with Gasteiger partial charge in [-0.1, -0.05) is 12.1 Å². The molecule has 2 aromatic carbocycles. The first-order valence-electron chi connectivity index (χ1n) is 6.01. The minimum atomic E-state index is 0.0404. The molecule has 2 rings (SSSR count). The molecule has 2 aromatic rings. The molecule has 0 saturated heterocycles. The predicted molar refractivity (Wildman–Crippen MR) is 80.7 cm³/mol. The van der Waals surface area contributed by atoms with Gasteiger partial charge in [-0.3, -0.25) is 0 Å². The lowest BCUT2D eigenvalue weighted by Crippen LogP contribution is -2.00. The van der Waals surface area contributed by atoms with E-state index in [2.05, 4.69) is 21.2 Å². The third-order valence-corrected chi connectivity index (χ3v) is 3.35. The van der Waals surface area contributed by atoms with Crippen LogP contribution in [0.4, 0.5) is 5.69 Å². The summed E-state index contributed by atoms with van der Waals surface area (Å²) in [5, 5.41) is 21.5. The van der Waals surface area contributed by atoms with Crippen LogP contribution in [0.5, 0.6) is 11.5 Å². The van der Waals surface area contributed by atoms with Crippen molar-refractivity contribution in [1.82, 2.24) is 0 Å². The van der Waals surface area contributed by atoms with Crippen LogP contribution in [-0.2, 0) is 6.54 Å². The molecule has 102 valence electrons. The van der Waals surface area contributed by atoms with Crippen LogP contribution in [0.25, 0.3) is 0 Å². The Bertz CT molecular complexity index is 621. The number of phenolic OH excluding ortho intramolecular Hbond substituents is 1. The molecule has 2 N–H and O–H groups in total. The molecule has 0 fully saturated rings. The van der Waals surface area contributed by atoms with Gasteiger partial charge in [0.1, 0.15) is 17.6 Å². The zero-order chi connectivity index (χ0) is 14.4. The lowest BCUT2D eigenvalue weighted by molar-refractivity contribution is 0.368. The molecule has 4 nitrogen and oxygen atoms in total. The van der Waals surface area contributed by atoms with E-state index in [1.54, 1.807) is 18.2 Å². The fourth-order valence-corrected chi connectivity index (χ4v) is 2.09. The van der Waals surface area contributed by atoms with Gasteiger partial charge < -0.3 is 15.2 Å². The number of ether oxygens (including phenoxy) is 1. The maximum absolute atomic E-state index is 9.88. The molecule has 20 heavy (non-hydrogen) atoms. The first-order chi connectivity index (χ1) is 9.70. The van der Waals surface area contributed by atoms with E-state index in [1.807, 2.05) is 30.3 Å². The zero-order valence-electron chi connectivity index (χ0n) is 10.6. The smallest absolute Gasteiger partial charge is 0.174 e. The molecule has 0 spiro atoms. The van der Waals surface area contributed by atoms with Gasteiger partial charge in [-0.2, -0.15) is 5.26 Å². The van der Waals surface area contributed by atoms with E-state index in [4.69, 9.17) is 10.00 Å². The summed E-state index contributed by atoms with van der Waals surface area (Å²) in [6.45, 7) is 0.558. The Balaban J connectivity index is 1.97. The second kappa shape index (κ2) is 6.83. The van der Waals surface area contributed by atoms with Gasteiger partial charge in [-0.05, 0) is 46.3 Å². The predicted octanol–water partition coefficient (Wildman–Crippen LogP) is 3.67. The molecule has 0 bridgehead atoms. The number of para-hydroxylation sites is 1. The number of anilines is 1. The Hall–Kier alpha value is -2.19. The fraction of sp³-hybridized carbons (Fsp3) is 0.133. The van der Waals surface area contributed by atoms with E-state index < -0.39 is 0 Å². The average Bonchev–Trinajstić information content (AvgIpc) is 2.48. The van der Waals surface area contributed by atoms with Gasteiger partial charge in [-0.25, -0.2) is 0 Å². The highest BCUT2D eigenvalue weighted by Gasteiger charge is 2.04. The number of nitrogens with zero attached hydrogens (tertiary/aromatic N) is 1. The first kappa shape index (κ1) is 14.2. The fourth-order valence-electron chi connectivity index (χ4n) is 1.68. The molecule has 0 aliphatic rings. The Morgan fingerprint density at radius 2 is 1.95 bits per heavy atom. The van der Waals surface area contributed by atoms with Crippen molar-refractivity contribution in [2.75, 3.05) is 11.9 Å². The highest BCUT2D eigenvalue weighted by atomic mass is 79.9. The molecule has 0 unspecified atom stereocenters. The molecule has 0 atom stereocenters. The third kappa shape index (κ3) is 3.65. The number of hydrogen-bond donors (Lipinski definition) is 2. The molecule has 0 amide bonds. The summed E-state index contributed by atoms with van der Waals surface area (Å²) in [6, 6.07) is 14.8. The summed E-state index contributed by atoms with van der Waals surface area (Å²) in [5.41, 5.74) is 1.72. The van der Waals surface area contributed by atoms with Crippen molar-refractivity contribution in [2.24, 2.45) is 0 Å². The topological polar surface area (TPSA) is 65.3 Å². The Morgan fingerprint density at radius 1 is 1.20 bits per heavy atom. The molecular formula is C15H13BrN2O2. The van der Waals surface area contributed by atoms with Crippen molar-refractivity contribution in [3.05, 3.63) is 52.5 Å². The second-order valence-corrected chi connectivity index (χ2v) is 4.93. The Kier molecular flexibility index (Phi) is 4.85. The van der Waals surface area contributed by atoms with Gasteiger partial charge in [0.2, 0.25) is 0 Å². The number of nitrogens with one attached hydrogen (secondary N) is 1. The van der Waals surface area contributed by atoms with Gasteiger partial charge in [-0.15, -0.1) is 0 Å². The molecule has 5 heteroatoms. The van der Waals surface area contributed by atoms with Gasteiger partial charge in [0.25, 0.3) is 0 Å². The lowest BCUT2D eigenvalue weighted by Gasteiger charge is -2.10. The summed E-state index contributed by atoms with van der Waals surface area (Å²) in [6.07, 6.45) is 0.